The number of carbonyl (C=O) groups is 2. The largest absolute Gasteiger partial charge is 0.486 e. The zero-order valence-corrected chi connectivity index (χ0v) is 19.0. The normalized spacial score (nSPS) is 19.6. The van der Waals surface area contributed by atoms with Crippen LogP contribution in [0.1, 0.15) is 68.3 Å². The predicted octanol–water partition coefficient (Wildman–Crippen LogP) is 2.55. The van der Waals surface area contributed by atoms with Gasteiger partial charge in [0, 0.05) is 12.2 Å². The van der Waals surface area contributed by atoms with Crippen LogP contribution >= 0.6 is 0 Å². The van der Waals surface area contributed by atoms with Crippen molar-refractivity contribution in [1.82, 2.24) is 15.2 Å². The SMILES string of the molecule is CC1COc2c(F)c(F)cc3c(=O)c(C(=O)N[C@@H](CO)C(=O)NC4CCCCCCC4)cn1c23. The maximum absolute atomic E-state index is 14.2. The second-order valence-corrected chi connectivity index (χ2v) is 9.10. The van der Waals surface area contributed by atoms with Gasteiger partial charge in [0.05, 0.1) is 23.6 Å². The van der Waals surface area contributed by atoms with Crippen LogP contribution in [0.25, 0.3) is 10.9 Å². The molecule has 0 bridgehead atoms. The Kier molecular flexibility index (Phi) is 7.16. The van der Waals surface area contributed by atoms with Crippen LogP contribution in [0.4, 0.5) is 8.78 Å². The van der Waals surface area contributed by atoms with Crippen LogP contribution in [-0.4, -0.2) is 46.8 Å². The van der Waals surface area contributed by atoms with Crippen LogP contribution < -0.4 is 20.8 Å². The van der Waals surface area contributed by atoms with Gasteiger partial charge in [-0.05, 0) is 25.8 Å². The highest BCUT2D eigenvalue weighted by atomic mass is 19.2. The summed E-state index contributed by atoms with van der Waals surface area (Å²) in [6.45, 7) is 1.12. The Morgan fingerprint density at radius 2 is 1.88 bits per heavy atom. The first-order chi connectivity index (χ1) is 16.3. The van der Waals surface area contributed by atoms with E-state index in [4.69, 9.17) is 4.74 Å². The first-order valence-corrected chi connectivity index (χ1v) is 11.7. The topological polar surface area (TPSA) is 110 Å². The first kappa shape index (κ1) is 24.1. The number of hydrogen-bond acceptors (Lipinski definition) is 5. The standard InChI is InChI=1S/C24H29F2N3O5/c1-13-12-34-22-19(26)17(25)9-15-20(22)29(13)10-16(21(15)31)23(32)28-18(11-30)24(33)27-14-7-5-3-2-4-6-8-14/h9-10,13-14,18,30H,2-8,11-12H2,1H3,(H,27,33)(H,28,32)/t13?,18-/m0/s1. The number of ether oxygens (including phenoxy) is 1. The van der Waals surface area contributed by atoms with Gasteiger partial charge in [0.25, 0.3) is 5.91 Å². The molecule has 4 rings (SSSR count). The molecule has 0 saturated heterocycles. The van der Waals surface area contributed by atoms with E-state index in [1.165, 1.54) is 17.2 Å². The highest BCUT2D eigenvalue weighted by molar-refractivity contribution is 6.00. The van der Waals surface area contributed by atoms with Crippen molar-refractivity contribution in [1.29, 1.82) is 0 Å². The van der Waals surface area contributed by atoms with E-state index in [-0.39, 0.29) is 40.9 Å². The van der Waals surface area contributed by atoms with Crippen LogP contribution in [0.15, 0.2) is 17.1 Å². The number of benzene rings is 1. The molecule has 184 valence electrons. The first-order valence-electron chi connectivity index (χ1n) is 11.7. The Labute approximate surface area is 195 Å². The van der Waals surface area contributed by atoms with Crippen molar-refractivity contribution in [3.63, 3.8) is 0 Å². The number of halogens is 2. The third-order valence-electron chi connectivity index (χ3n) is 6.61. The number of nitrogens with one attached hydrogen (secondary N) is 2. The van der Waals surface area contributed by atoms with Crippen molar-refractivity contribution in [2.75, 3.05) is 13.2 Å². The van der Waals surface area contributed by atoms with Gasteiger partial charge in [0.15, 0.2) is 11.6 Å². The van der Waals surface area contributed by atoms with Gasteiger partial charge in [0.1, 0.15) is 18.2 Å². The summed E-state index contributed by atoms with van der Waals surface area (Å²) in [5.41, 5.74) is -1.09. The minimum Gasteiger partial charge on any atom is -0.486 e. The number of rotatable bonds is 5. The van der Waals surface area contributed by atoms with Crippen LogP contribution in [0, 0.1) is 11.6 Å². The summed E-state index contributed by atoms with van der Waals surface area (Å²) < 4.78 is 35.2. The number of aliphatic hydroxyl groups is 1. The average molecular weight is 478 g/mol. The predicted molar refractivity (Wildman–Crippen MR) is 121 cm³/mol. The van der Waals surface area contributed by atoms with Crippen molar-refractivity contribution in [3.05, 3.63) is 39.7 Å². The molecular weight excluding hydrogens is 448 g/mol. The zero-order valence-electron chi connectivity index (χ0n) is 19.0. The maximum atomic E-state index is 14.2. The minimum absolute atomic E-state index is 0.0233. The minimum atomic E-state index is -1.26. The number of carbonyl (C=O) groups excluding carboxylic acids is 2. The Balaban J connectivity index is 1.60. The van der Waals surface area contributed by atoms with Crippen LogP contribution in [-0.2, 0) is 4.79 Å². The van der Waals surface area contributed by atoms with E-state index < -0.39 is 41.5 Å². The van der Waals surface area contributed by atoms with Crippen molar-refractivity contribution in [3.8, 4) is 5.75 Å². The van der Waals surface area contributed by atoms with E-state index >= 15 is 0 Å². The lowest BCUT2D eigenvalue weighted by Gasteiger charge is -2.27. The summed E-state index contributed by atoms with van der Waals surface area (Å²) in [5.74, 6) is -4.24. The molecule has 1 aliphatic carbocycles. The maximum Gasteiger partial charge on any atom is 0.257 e. The van der Waals surface area contributed by atoms with Crippen molar-refractivity contribution in [2.24, 2.45) is 0 Å². The van der Waals surface area contributed by atoms with Gasteiger partial charge >= 0.3 is 0 Å². The summed E-state index contributed by atoms with van der Waals surface area (Å²) in [6, 6.07) is -0.902. The molecular formula is C24H29F2N3O5. The lowest BCUT2D eigenvalue weighted by atomic mass is 9.96. The molecule has 1 aromatic heterocycles. The summed E-state index contributed by atoms with van der Waals surface area (Å²) in [7, 11) is 0. The van der Waals surface area contributed by atoms with Crippen LogP contribution in [0.3, 0.4) is 0 Å². The van der Waals surface area contributed by atoms with E-state index in [0.29, 0.717) is 0 Å². The smallest absolute Gasteiger partial charge is 0.257 e. The molecule has 3 N–H and O–H groups in total. The third-order valence-corrected chi connectivity index (χ3v) is 6.61. The van der Waals surface area contributed by atoms with E-state index in [9.17, 15) is 28.3 Å². The van der Waals surface area contributed by atoms with E-state index in [0.717, 1.165) is 44.6 Å². The summed E-state index contributed by atoms with van der Waals surface area (Å²) >= 11 is 0. The number of hydrogen-bond donors (Lipinski definition) is 3. The van der Waals surface area contributed by atoms with Gasteiger partial charge in [-0.15, -0.1) is 0 Å². The molecule has 0 radical (unpaired) electrons. The van der Waals surface area contributed by atoms with Gasteiger partial charge in [0.2, 0.25) is 17.2 Å². The van der Waals surface area contributed by atoms with Crippen LogP contribution in [0.5, 0.6) is 5.75 Å². The molecule has 2 aliphatic rings. The lowest BCUT2D eigenvalue weighted by molar-refractivity contribution is -0.124. The number of amides is 2. The molecule has 1 aromatic carbocycles. The van der Waals surface area contributed by atoms with Gasteiger partial charge in [-0.25, -0.2) is 4.39 Å². The molecule has 0 spiro atoms. The Bertz CT molecular complexity index is 1160. The molecule has 10 heteroatoms. The van der Waals surface area contributed by atoms with E-state index in [2.05, 4.69) is 10.6 Å². The quantitative estimate of drug-likeness (QED) is 0.613. The highest BCUT2D eigenvalue weighted by Crippen LogP contribution is 2.35. The fraction of sp³-hybridized carbons (Fsp3) is 0.542. The number of nitrogens with zero attached hydrogens (tertiary/aromatic N) is 1. The molecule has 34 heavy (non-hydrogen) atoms. The summed E-state index contributed by atoms with van der Waals surface area (Å²) in [6.07, 6.45) is 8.32. The summed E-state index contributed by atoms with van der Waals surface area (Å²) in [4.78, 5) is 38.8. The second kappa shape index (κ2) is 10.1. The molecule has 1 fully saturated rings. The monoisotopic (exact) mass is 477 g/mol. The van der Waals surface area contributed by atoms with Gasteiger partial charge < -0.3 is 25.0 Å². The Morgan fingerprint density at radius 1 is 1.21 bits per heavy atom. The Hall–Kier alpha value is -3.01. The fourth-order valence-corrected chi connectivity index (χ4v) is 4.69. The average Bonchev–Trinajstić information content (AvgIpc) is 2.79. The molecule has 1 aliphatic heterocycles. The van der Waals surface area contributed by atoms with Crippen molar-refractivity contribution >= 4 is 22.7 Å². The van der Waals surface area contributed by atoms with E-state index in [1.807, 2.05) is 0 Å². The zero-order chi connectivity index (χ0) is 24.4. The molecule has 2 heterocycles. The summed E-state index contributed by atoms with van der Waals surface area (Å²) in [5, 5.41) is 14.9. The third kappa shape index (κ3) is 4.64. The Morgan fingerprint density at radius 3 is 2.56 bits per heavy atom. The van der Waals surface area contributed by atoms with Crippen LogP contribution in [0.2, 0.25) is 0 Å². The van der Waals surface area contributed by atoms with Crippen molar-refractivity contribution < 1.29 is 28.2 Å². The molecule has 2 amide bonds. The molecule has 8 nitrogen and oxygen atoms in total. The molecule has 1 saturated carbocycles. The van der Waals surface area contributed by atoms with Crippen molar-refractivity contribution in [2.45, 2.75) is 70.0 Å². The van der Waals surface area contributed by atoms with Gasteiger partial charge in [-0.2, -0.15) is 4.39 Å². The van der Waals surface area contributed by atoms with Gasteiger partial charge in [-0.1, -0.05) is 32.1 Å². The molecule has 2 atom stereocenters. The number of aromatic nitrogens is 1. The number of aliphatic hydroxyl groups excluding tert-OH is 1. The van der Waals surface area contributed by atoms with Gasteiger partial charge in [-0.3, -0.25) is 14.4 Å². The second-order valence-electron chi connectivity index (χ2n) is 9.10. The highest BCUT2D eigenvalue weighted by Gasteiger charge is 2.30. The fourth-order valence-electron chi connectivity index (χ4n) is 4.69. The molecule has 1 unspecified atom stereocenters. The van der Waals surface area contributed by atoms with E-state index in [1.54, 1.807) is 6.92 Å². The lowest BCUT2D eigenvalue weighted by Crippen LogP contribution is -2.52. The molecule has 2 aromatic rings. The number of pyridine rings is 1.